The number of pyridine rings is 1. The minimum Gasteiger partial charge on any atom is -0.332 e. The van der Waals surface area contributed by atoms with Gasteiger partial charge in [-0.1, -0.05) is 0 Å². The van der Waals surface area contributed by atoms with Crippen LogP contribution in [0, 0.1) is 0 Å². The van der Waals surface area contributed by atoms with Gasteiger partial charge < -0.3 is 4.57 Å². The second-order valence-corrected chi connectivity index (χ2v) is 3.39. The van der Waals surface area contributed by atoms with Gasteiger partial charge in [0.05, 0.1) is 5.56 Å². The van der Waals surface area contributed by atoms with Crippen molar-refractivity contribution in [3.05, 3.63) is 29.4 Å². The molecule has 1 heterocycles. The van der Waals surface area contributed by atoms with Crippen molar-refractivity contribution in [2.24, 2.45) is 4.99 Å². The number of carbonyl (C=O) groups excluding carboxylic acids is 1. The Hall–Kier alpha value is -1.03. The summed E-state index contributed by atoms with van der Waals surface area (Å²) in [5.41, 5.74) is 1.39. The number of aromatic nitrogens is 1. The van der Waals surface area contributed by atoms with Crippen LogP contribution in [0.25, 0.3) is 0 Å². The Bertz CT molecular complexity index is 395. The van der Waals surface area contributed by atoms with Gasteiger partial charge in [0.25, 0.3) is 0 Å². The third kappa shape index (κ3) is 2.26. The summed E-state index contributed by atoms with van der Waals surface area (Å²) in [4.78, 5) is 15.4. The standard InChI is InChI=1S/C10H14N2OS/c1-8(13)9-4-3-5-12(6-7-14)10(9)11-2/h3-5,14H,6-7H2,1-2H3. The van der Waals surface area contributed by atoms with Gasteiger partial charge >= 0.3 is 0 Å². The lowest BCUT2D eigenvalue weighted by Gasteiger charge is -2.07. The molecule has 1 aromatic rings. The van der Waals surface area contributed by atoms with Crippen molar-refractivity contribution < 1.29 is 4.79 Å². The molecule has 0 spiro atoms. The monoisotopic (exact) mass is 210 g/mol. The Morgan fingerprint density at radius 2 is 2.36 bits per heavy atom. The summed E-state index contributed by atoms with van der Waals surface area (Å²) >= 11 is 4.16. The van der Waals surface area contributed by atoms with E-state index in [1.807, 2.05) is 16.8 Å². The Kier molecular flexibility index (Phi) is 3.95. The molecule has 0 atom stereocenters. The molecule has 0 bridgehead atoms. The van der Waals surface area contributed by atoms with Gasteiger partial charge in [0, 0.05) is 25.5 Å². The number of hydrogen-bond acceptors (Lipinski definition) is 3. The number of carbonyl (C=O) groups is 1. The van der Waals surface area contributed by atoms with Gasteiger partial charge in [-0.15, -0.1) is 0 Å². The normalized spacial score (nSPS) is 11.8. The summed E-state index contributed by atoms with van der Waals surface area (Å²) in [6, 6.07) is 3.65. The summed E-state index contributed by atoms with van der Waals surface area (Å²) in [6.45, 7) is 2.31. The third-order valence-electron chi connectivity index (χ3n) is 1.97. The zero-order chi connectivity index (χ0) is 10.6. The SMILES string of the molecule is CN=c1c(C(C)=O)cccn1CCS. The highest BCUT2D eigenvalue weighted by atomic mass is 32.1. The van der Waals surface area contributed by atoms with Crippen LogP contribution in [0.15, 0.2) is 23.3 Å². The minimum atomic E-state index is 0.0408. The van der Waals surface area contributed by atoms with Crippen LogP contribution in [0.3, 0.4) is 0 Å². The van der Waals surface area contributed by atoms with Crippen LogP contribution in [-0.4, -0.2) is 23.2 Å². The Balaban J connectivity index is 3.34. The topological polar surface area (TPSA) is 34.4 Å². The molecule has 1 aromatic heterocycles. The van der Waals surface area contributed by atoms with Gasteiger partial charge in [-0.25, -0.2) is 0 Å². The molecule has 0 saturated heterocycles. The molecule has 4 heteroatoms. The van der Waals surface area contributed by atoms with E-state index in [1.54, 1.807) is 20.0 Å². The van der Waals surface area contributed by atoms with E-state index in [1.165, 1.54) is 0 Å². The van der Waals surface area contributed by atoms with Crippen LogP contribution in [0.5, 0.6) is 0 Å². The highest BCUT2D eigenvalue weighted by molar-refractivity contribution is 7.80. The first kappa shape index (κ1) is 11.0. The van der Waals surface area contributed by atoms with E-state index in [9.17, 15) is 4.79 Å². The molecule has 0 saturated carbocycles. The summed E-state index contributed by atoms with van der Waals surface area (Å²) in [5, 5.41) is 0. The molecule has 0 aliphatic heterocycles. The van der Waals surface area contributed by atoms with E-state index in [0.29, 0.717) is 5.56 Å². The van der Waals surface area contributed by atoms with E-state index in [4.69, 9.17) is 0 Å². The molecular formula is C10H14N2OS. The maximum absolute atomic E-state index is 11.3. The van der Waals surface area contributed by atoms with Crippen molar-refractivity contribution in [1.29, 1.82) is 0 Å². The van der Waals surface area contributed by atoms with Crippen LogP contribution in [0.1, 0.15) is 17.3 Å². The molecule has 0 amide bonds. The lowest BCUT2D eigenvalue weighted by molar-refractivity contribution is 0.101. The van der Waals surface area contributed by atoms with Gasteiger partial charge in [-0.2, -0.15) is 12.6 Å². The van der Waals surface area contributed by atoms with Gasteiger partial charge in [-0.3, -0.25) is 9.79 Å². The number of aryl methyl sites for hydroxylation is 1. The molecule has 0 N–H and O–H groups in total. The molecule has 0 aliphatic carbocycles. The molecule has 76 valence electrons. The third-order valence-corrected chi connectivity index (χ3v) is 2.17. The molecule has 0 aliphatic rings. The molecule has 0 aromatic carbocycles. The average Bonchev–Trinajstić information content (AvgIpc) is 2.18. The van der Waals surface area contributed by atoms with E-state index in [2.05, 4.69) is 17.6 Å². The first-order chi connectivity index (χ1) is 6.70. The van der Waals surface area contributed by atoms with Crippen molar-refractivity contribution in [1.82, 2.24) is 4.57 Å². The zero-order valence-electron chi connectivity index (χ0n) is 8.40. The quantitative estimate of drug-likeness (QED) is 0.589. The Morgan fingerprint density at radius 3 is 2.86 bits per heavy atom. The van der Waals surface area contributed by atoms with Crippen molar-refractivity contribution in [3.8, 4) is 0 Å². The fraction of sp³-hybridized carbons (Fsp3) is 0.400. The first-order valence-corrected chi connectivity index (χ1v) is 5.08. The summed E-state index contributed by atoms with van der Waals surface area (Å²) in [7, 11) is 1.69. The smallest absolute Gasteiger partial charge is 0.163 e. The fourth-order valence-corrected chi connectivity index (χ4v) is 1.57. The average molecular weight is 210 g/mol. The number of Topliss-reactive ketones (excluding diaryl/α,β-unsaturated/α-hetero) is 1. The summed E-state index contributed by atoms with van der Waals surface area (Å²) < 4.78 is 1.93. The van der Waals surface area contributed by atoms with E-state index >= 15 is 0 Å². The van der Waals surface area contributed by atoms with E-state index < -0.39 is 0 Å². The summed E-state index contributed by atoms with van der Waals surface area (Å²) in [6.07, 6.45) is 1.91. The van der Waals surface area contributed by atoms with E-state index in [-0.39, 0.29) is 5.78 Å². The largest absolute Gasteiger partial charge is 0.332 e. The number of ketones is 1. The maximum atomic E-state index is 11.3. The van der Waals surface area contributed by atoms with Gasteiger partial charge in [-0.05, 0) is 19.1 Å². The van der Waals surface area contributed by atoms with Crippen molar-refractivity contribution >= 4 is 18.4 Å². The molecular weight excluding hydrogens is 196 g/mol. The van der Waals surface area contributed by atoms with Gasteiger partial charge in [0.1, 0.15) is 5.49 Å². The van der Waals surface area contributed by atoms with Crippen LogP contribution < -0.4 is 5.49 Å². The molecule has 0 fully saturated rings. The van der Waals surface area contributed by atoms with Gasteiger partial charge in [0.15, 0.2) is 5.78 Å². The van der Waals surface area contributed by atoms with Crippen LogP contribution in [-0.2, 0) is 6.54 Å². The highest BCUT2D eigenvalue weighted by Gasteiger charge is 2.04. The lowest BCUT2D eigenvalue weighted by Crippen LogP contribution is -2.26. The molecule has 0 radical (unpaired) electrons. The maximum Gasteiger partial charge on any atom is 0.163 e. The lowest BCUT2D eigenvalue weighted by atomic mass is 10.2. The Morgan fingerprint density at radius 1 is 1.64 bits per heavy atom. The van der Waals surface area contributed by atoms with Crippen LogP contribution in [0.2, 0.25) is 0 Å². The van der Waals surface area contributed by atoms with Crippen LogP contribution >= 0.6 is 12.6 Å². The predicted molar refractivity (Wildman–Crippen MR) is 59.8 cm³/mol. The first-order valence-electron chi connectivity index (χ1n) is 4.44. The number of thiol groups is 1. The van der Waals surface area contributed by atoms with Crippen molar-refractivity contribution in [3.63, 3.8) is 0 Å². The highest BCUT2D eigenvalue weighted by Crippen LogP contribution is 1.94. The number of hydrogen-bond donors (Lipinski definition) is 1. The van der Waals surface area contributed by atoms with Crippen molar-refractivity contribution in [2.45, 2.75) is 13.5 Å². The number of nitrogens with zero attached hydrogens (tertiary/aromatic N) is 2. The zero-order valence-corrected chi connectivity index (χ0v) is 9.29. The van der Waals surface area contributed by atoms with Gasteiger partial charge in [0.2, 0.25) is 0 Å². The molecule has 14 heavy (non-hydrogen) atoms. The minimum absolute atomic E-state index is 0.0408. The second-order valence-electron chi connectivity index (χ2n) is 2.94. The molecule has 0 unspecified atom stereocenters. The van der Waals surface area contributed by atoms with E-state index in [0.717, 1.165) is 17.8 Å². The number of rotatable bonds is 3. The molecule has 1 rings (SSSR count). The van der Waals surface area contributed by atoms with Crippen molar-refractivity contribution in [2.75, 3.05) is 12.8 Å². The predicted octanol–water partition coefficient (Wildman–Crippen LogP) is 1.15. The fourth-order valence-electron chi connectivity index (χ4n) is 1.35. The second kappa shape index (κ2) is 5.00. The summed E-state index contributed by atoms with van der Waals surface area (Å²) in [5.74, 6) is 0.772. The molecule has 3 nitrogen and oxygen atoms in total. The van der Waals surface area contributed by atoms with Crippen LogP contribution in [0.4, 0.5) is 0 Å². The Labute approximate surface area is 88.9 Å².